The van der Waals surface area contributed by atoms with Crippen molar-refractivity contribution < 1.29 is 0 Å². The zero-order valence-corrected chi connectivity index (χ0v) is 33.6. The molecule has 12 rings (SSSR count). The lowest BCUT2D eigenvalue weighted by Crippen LogP contribution is -1.96. The van der Waals surface area contributed by atoms with E-state index in [1.54, 1.807) is 0 Å². The molecule has 0 radical (unpaired) electrons. The Bertz CT molecular complexity index is 3590. The predicted octanol–water partition coefficient (Wildman–Crippen LogP) is 14.4. The summed E-state index contributed by atoms with van der Waals surface area (Å²) in [5, 5.41) is 10.2. The van der Waals surface area contributed by atoms with Crippen LogP contribution in [-0.4, -0.2) is 24.1 Å². The minimum atomic E-state index is 0.682. The van der Waals surface area contributed by atoms with Crippen LogP contribution in [0.3, 0.4) is 0 Å². The van der Waals surface area contributed by atoms with Gasteiger partial charge in [-0.3, -0.25) is 0 Å². The molecule has 62 heavy (non-hydrogen) atoms. The first-order chi connectivity index (χ1) is 30.7. The molecule has 0 fully saturated rings. The van der Waals surface area contributed by atoms with Gasteiger partial charge in [-0.25, -0.2) is 14.5 Å². The third kappa shape index (κ3) is 5.98. The summed E-state index contributed by atoms with van der Waals surface area (Å²) in [7, 11) is 0. The van der Waals surface area contributed by atoms with Crippen LogP contribution >= 0.6 is 0 Å². The predicted molar refractivity (Wildman–Crippen MR) is 255 cm³/mol. The number of benzene rings is 8. The Morgan fingerprint density at radius 2 is 0.903 bits per heavy atom. The maximum absolute atomic E-state index is 5.45. The maximum atomic E-state index is 5.45. The van der Waals surface area contributed by atoms with Crippen LogP contribution < -0.4 is 0 Å². The molecule has 0 atom stereocenters. The lowest BCUT2D eigenvalue weighted by molar-refractivity contribution is 0.979. The highest BCUT2D eigenvalue weighted by atomic mass is 15.2. The van der Waals surface area contributed by atoms with Gasteiger partial charge in [-0.05, 0) is 53.4 Å². The summed E-state index contributed by atoms with van der Waals surface area (Å²) >= 11 is 0. The normalized spacial score (nSPS) is 11.5. The molecule has 5 nitrogen and oxygen atoms in total. The topological polar surface area (TPSA) is 48.0 Å². The van der Waals surface area contributed by atoms with E-state index >= 15 is 0 Å². The molecule has 5 heteroatoms. The first-order valence-electron chi connectivity index (χ1n) is 20.9. The Morgan fingerprint density at radius 3 is 1.63 bits per heavy atom. The second-order valence-electron chi connectivity index (χ2n) is 15.7. The number of pyridine rings is 1. The van der Waals surface area contributed by atoms with Gasteiger partial charge in [0.25, 0.3) is 0 Å². The summed E-state index contributed by atoms with van der Waals surface area (Å²) in [5.41, 5.74) is 15.6. The highest BCUT2D eigenvalue weighted by Crippen LogP contribution is 2.42. The maximum Gasteiger partial charge on any atom is 0.160 e. The fraction of sp³-hybridized carbons (Fsp3) is 0. The van der Waals surface area contributed by atoms with Gasteiger partial charge >= 0.3 is 0 Å². The molecule has 0 N–H and O–H groups in total. The van der Waals surface area contributed by atoms with Crippen LogP contribution in [0.5, 0.6) is 0 Å². The summed E-state index contributed by atoms with van der Waals surface area (Å²) in [6.07, 6.45) is 0. The highest BCUT2D eigenvalue weighted by molar-refractivity contribution is 6.11. The Kier molecular flexibility index (Phi) is 8.42. The first kappa shape index (κ1) is 35.5. The van der Waals surface area contributed by atoms with Crippen LogP contribution in [0.4, 0.5) is 0 Å². The van der Waals surface area contributed by atoms with Gasteiger partial charge in [-0.2, -0.15) is 5.10 Å². The second-order valence-corrected chi connectivity index (χ2v) is 15.7. The van der Waals surface area contributed by atoms with Crippen LogP contribution in [0.1, 0.15) is 0 Å². The van der Waals surface area contributed by atoms with Crippen molar-refractivity contribution in [1.29, 1.82) is 0 Å². The lowest BCUT2D eigenvalue weighted by Gasteiger charge is -2.11. The molecule has 12 aromatic rings. The Morgan fingerprint density at radius 1 is 0.355 bits per heavy atom. The first-order valence-corrected chi connectivity index (χ1v) is 20.9. The summed E-state index contributed by atoms with van der Waals surface area (Å²) in [4.78, 5) is 10.4. The van der Waals surface area contributed by atoms with E-state index in [9.17, 15) is 0 Å². The molecule has 0 unspecified atom stereocenters. The van der Waals surface area contributed by atoms with E-state index in [4.69, 9.17) is 15.1 Å². The Balaban J connectivity index is 1.02. The van der Waals surface area contributed by atoms with Gasteiger partial charge in [0.2, 0.25) is 0 Å². The van der Waals surface area contributed by atoms with E-state index in [-0.39, 0.29) is 0 Å². The van der Waals surface area contributed by atoms with Crippen molar-refractivity contribution >= 4 is 38.1 Å². The molecule has 4 heterocycles. The minimum Gasteiger partial charge on any atom is -0.309 e. The highest BCUT2D eigenvalue weighted by Gasteiger charge is 2.22. The Labute approximate surface area is 358 Å². The third-order valence-corrected chi connectivity index (χ3v) is 11.9. The minimum absolute atomic E-state index is 0.682. The monoisotopic (exact) mass is 791 g/mol. The van der Waals surface area contributed by atoms with Gasteiger partial charge in [-0.1, -0.05) is 182 Å². The van der Waals surface area contributed by atoms with Gasteiger partial charge in [0.1, 0.15) is 5.69 Å². The molecule has 0 amide bonds. The van der Waals surface area contributed by atoms with Crippen LogP contribution in [0, 0.1) is 0 Å². The summed E-state index contributed by atoms with van der Waals surface area (Å²) in [5.74, 6) is 0.682. The number of rotatable bonds is 7. The average molecular weight is 792 g/mol. The molecular weight excluding hydrogens is 755 g/mol. The second kappa shape index (κ2) is 14.7. The van der Waals surface area contributed by atoms with E-state index in [1.807, 2.05) is 18.2 Å². The van der Waals surface area contributed by atoms with E-state index in [1.165, 1.54) is 21.7 Å². The average Bonchev–Trinajstić information content (AvgIpc) is 3.92. The van der Waals surface area contributed by atoms with E-state index in [2.05, 4.69) is 215 Å². The van der Waals surface area contributed by atoms with Gasteiger partial charge in [-0.15, -0.1) is 0 Å². The number of nitrogens with zero attached hydrogens (tertiary/aromatic N) is 5. The number of fused-ring (bicyclic) bond motifs is 6. The molecule has 0 saturated carbocycles. The van der Waals surface area contributed by atoms with Crippen molar-refractivity contribution in [3.05, 3.63) is 224 Å². The van der Waals surface area contributed by atoms with E-state index < -0.39 is 0 Å². The fourth-order valence-corrected chi connectivity index (χ4v) is 9.03. The molecule has 290 valence electrons. The molecule has 4 aromatic heterocycles. The smallest absolute Gasteiger partial charge is 0.160 e. The number of hydrogen-bond donors (Lipinski definition) is 0. The van der Waals surface area contributed by atoms with Gasteiger partial charge in [0, 0.05) is 55.2 Å². The molecular formula is C57H37N5. The zero-order chi connectivity index (χ0) is 41.0. The van der Waals surface area contributed by atoms with Crippen molar-refractivity contribution in [2.45, 2.75) is 0 Å². The van der Waals surface area contributed by atoms with Gasteiger partial charge < -0.3 is 4.57 Å². The summed E-state index contributed by atoms with van der Waals surface area (Å²) in [6, 6.07) is 79.0. The number of para-hydroxylation sites is 2. The number of hydrogen-bond acceptors (Lipinski definition) is 3. The van der Waals surface area contributed by atoms with E-state index in [0.29, 0.717) is 5.82 Å². The Hall–Kier alpha value is -8.41. The molecule has 0 aliphatic rings. The summed E-state index contributed by atoms with van der Waals surface area (Å²) < 4.78 is 4.48. The van der Waals surface area contributed by atoms with Crippen LogP contribution in [0.25, 0.3) is 111 Å². The molecule has 8 aromatic carbocycles. The largest absolute Gasteiger partial charge is 0.309 e. The quantitative estimate of drug-likeness (QED) is 0.162. The molecule has 0 bridgehead atoms. The van der Waals surface area contributed by atoms with Crippen LogP contribution in [0.15, 0.2) is 224 Å². The third-order valence-electron chi connectivity index (χ3n) is 11.9. The van der Waals surface area contributed by atoms with Gasteiger partial charge in [0.05, 0.1) is 33.6 Å². The van der Waals surface area contributed by atoms with Crippen molar-refractivity contribution in [1.82, 2.24) is 24.1 Å². The van der Waals surface area contributed by atoms with Gasteiger partial charge in [0.15, 0.2) is 5.82 Å². The molecule has 0 spiro atoms. The van der Waals surface area contributed by atoms with Crippen molar-refractivity contribution in [2.75, 3.05) is 0 Å². The van der Waals surface area contributed by atoms with Crippen LogP contribution in [-0.2, 0) is 0 Å². The summed E-state index contributed by atoms with van der Waals surface area (Å²) in [6.45, 7) is 0. The molecule has 0 aliphatic carbocycles. The molecule has 0 aliphatic heterocycles. The lowest BCUT2D eigenvalue weighted by atomic mass is 9.96. The zero-order valence-electron chi connectivity index (χ0n) is 33.6. The fourth-order valence-electron chi connectivity index (χ4n) is 9.03. The van der Waals surface area contributed by atoms with Crippen molar-refractivity contribution in [3.8, 4) is 73.2 Å². The van der Waals surface area contributed by atoms with Crippen LogP contribution in [0.2, 0.25) is 0 Å². The van der Waals surface area contributed by atoms with E-state index in [0.717, 1.165) is 83.8 Å². The number of aromatic nitrogens is 5. The SMILES string of the molecule is c1ccc(-c2nc(-c3ccc(-c4nn5c(-c6ccccc6)cc6ccccc6c5c4-c4ccccc4)cc3)cc(-c3ccc4c(c3)c3ccccc3n4-c3ccccc3)n2)cc1. The van der Waals surface area contributed by atoms with Crippen molar-refractivity contribution in [3.63, 3.8) is 0 Å². The van der Waals surface area contributed by atoms with Crippen molar-refractivity contribution in [2.24, 2.45) is 0 Å². The standard InChI is InChI=1S/C57H37N5/c1-5-17-39(18-6-1)53-36-43-23-13-14-26-46(43)56-54(40-19-7-2-8-20-40)55(60-62(53)56)41-31-29-38(30-32-41)49-37-50(59-57(58-49)42-21-9-3-10-22-42)44-33-34-52-48(35-44)47-27-15-16-28-51(47)61(52)45-24-11-4-12-25-45/h1-37H. The molecule has 0 saturated heterocycles.